The molecule has 0 radical (unpaired) electrons. The number of amides is 2. The smallest absolute Gasteiger partial charge is 0.320 e. The van der Waals surface area contributed by atoms with E-state index in [4.69, 9.17) is 9.84 Å². The summed E-state index contributed by atoms with van der Waals surface area (Å²) in [4.78, 5) is 15.8. The number of nitrogens with zero attached hydrogens (tertiary/aromatic N) is 6. The number of urea groups is 1. The molecule has 39 heavy (non-hydrogen) atoms. The van der Waals surface area contributed by atoms with E-state index in [0.29, 0.717) is 24.5 Å². The van der Waals surface area contributed by atoms with Crippen molar-refractivity contribution in [2.24, 2.45) is 7.05 Å². The summed E-state index contributed by atoms with van der Waals surface area (Å²) in [7, 11) is 3.55. The van der Waals surface area contributed by atoms with Gasteiger partial charge in [0.15, 0.2) is 0 Å². The highest BCUT2D eigenvalue weighted by Crippen LogP contribution is 2.31. The molecule has 4 aromatic rings. The predicted molar refractivity (Wildman–Crippen MR) is 149 cm³/mol. The number of carbonyl (C=O) groups excluding carboxylic acids is 1. The fourth-order valence-corrected chi connectivity index (χ4v) is 5.11. The Morgan fingerprint density at radius 1 is 1.15 bits per heavy atom. The lowest BCUT2D eigenvalue weighted by molar-refractivity contribution is 0.159. The maximum absolute atomic E-state index is 13.5. The number of aromatic nitrogens is 4. The minimum Gasteiger partial charge on any atom is -0.383 e. The molecule has 0 saturated carbocycles. The third-order valence-electron chi connectivity index (χ3n) is 7.12. The van der Waals surface area contributed by atoms with Crippen LogP contribution in [0.15, 0.2) is 67.0 Å². The van der Waals surface area contributed by atoms with Crippen molar-refractivity contribution >= 4 is 11.8 Å². The first-order valence-electron chi connectivity index (χ1n) is 12.9. The van der Waals surface area contributed by atoms with Gasteiger partial charge in [-0.25, -0.2) is 9.48 Å². The minimum absolute atomic E-state index is 0.0754. The molecule has 200 valence electrons. The van der Waals surface area contributed by atoms with Gasteiger partial charge in [0.2, 0.25) is 0 Å². The molecule has 2 aromatic carbocycles. The van der Waals surface area contributed by atoms with Gasteiger partial charge in [-0.3, -0.25) is 14.9 Å². The van der Waals surface area contributed by atoms with Crippen LogP contribution in [-0.2, 0) is 11.8 Å². The monoisotopic (exact) mass is 524 g/mol. The topological polar surface area (TPSA) is 113 Å². The molecule has 2 amide bonds. The number of hydrogen-bond acceptors (Lipinski definition) is 6. The third kappa shape index (κ3) is 5.70. The number of ether oxygens (including phenoxy) is 1. The zero-order chi connectivity index (χ0) is 27.4. The van der Waals surface area contributed by atoms with Gasteiger partial charge >= 0.3 is 6.03 Å². The van der Waals surface area contributed by atoms with Crippen molar-refractivity contribution in [1.29, 1.82) is 5.26 Å². The second-order valence-electron chi connectivity index (χ2n) is 9.77. The first kappa shape index (κ1) is 26.2. The summed E-state index contributed by atoms with van der Waals surface area (Å²) < 4.78 is 8.78. The highest BCUT2D eigenvalue weighted by atomic mass is 16.5. The van der Waals surface area contributed by atoms with E-state index in [2.05, 4.69) is 26.7 Å². The number of hydrogen-bond donors (Lipinski definition) is 2. The molecule has 1 aliphatic rings. The molecule has 10 heteroatoms. The SMILES string of the molecule is COCCN1C[C@@H](NC(=O)Nc2c(C)c(-c3cnn(C)c3)nn2-c2ccccc2)[C@H](c2ccc(C#N)cc2)C1. The maximum Gasteiger partial charge on any atom is 0.320 e. The fourth-order valence-electron chi connectivity index (χ4n) is 5.11. The van der Waals surface area contributed by atoms with E-state index in [1.807, 2.05) is 74.8 Å². The van der Waals surface area contributed by atoms with Crippen LogP contribution in [0.2, 0.25) is 0 Å². The van der Waals surface area contributed by atoms with E-state index in [-0.39, 0.29) is 18.0 Å². The molecule has 10 nitrogen and oxygen atoms in total. The summed E-state index contributed by atoms with van der Waals surface area (Å²) in [6.07, 6.45) is 3.67. The largest absolute Gasteiger partial charge is 0.383 e. The van der Waals surface area contributed by atoms with Gasteiger partial charge in [0.25, 0.3) is 0 Å². The van der Waals surface area contributed by atoms with Crippen molar-refractivity contribution in [1.82, 2.24) is 29.8 Å². The molecular weight excluding hydrogens is 492 g/mol. The maximum atomic E-state index is 13.5. The number of anilines is 1. The molecule has 1 fully saturated rings. The second-order valence-corrected chi connectivity index (χ2v) is 9.77. The van der Waals surface area contributed by atoms with Gasteiger partial charge in [-0.05, 0) is 36.8 Å². The highest BCUT2D eigenvalue weighted by Gasteiger charge is 2.35. The molecule has 0 spiro atoms. The molecule has 0 aliphatic carbocycles. The lowest BCUT2D eigenvalue weighted by Crippen LogP contribution is -2.42. The fraction of sp³-hybridized carbons (Fsp3) is 0.310. The van der Waals surface area contributed by atoms with Gasteiger partial charge in [0.1, 0.15) is 11.5 Å². The Morgan fingerprint density at radius 3 is 2.59 bits per heavy atom. The molecule has 1 aliphatic heterocycles. The van der Waals surface area contributed by atoms with Crippen LogP contribution in [0.4, 0.5) is 10.6 Å². The van der Waals surface area contributed by atoms with Crippen LogP contribution in [0.1, 0.15) is 22.6 Å². The van der Waals surface area contributed by atoms with Crippen molar-refractivity contribution in [3.05, 3.63) is 83.7 Å². The van der Waals surface area contributed by atoms with E-state index in [9.17, 15) is 10.1 Å². The summed E-state index contributed by atoms with van der Waals surface area (Å²) >= 11 is 0. The Labute approximate surface area is 227 Å². The lowest BCUT2D eigenvalue weighted by Gasteiger charge is -2.21. The summed E-state index contributed by atoms with van der Waals surface area (Å²) in [5.74, 6) is 0.674. The molecule has 0 bridgehead atoms. The van der Waals surface area contributed by atoms with Gasteiger partial charge in [-0.2, -0.15) is 15.5 Å². The number of carbonyl (C=O) groups is 1. The molecule has 5 rings (SSSR count). The first-order valence-corrected chi connectivity index (χ1v) is 12.9. The number of likely N-dealkylation sites (tertiary alicyclic amines) is 1. The van der Waals surface area contributed by atoms with Crippen LogP contribution in [-0.4, -0.2) is 69.9 Å². The molecular formula is C29H32N8O2. The highest BCUT2D eigenvalue weighted by molar-refractivity contribution is 5.91. The zero-order valence-electron chi connectivity index (χ0n) is 22.3. The number of nitrogens with one attached hydrogen (secondary N) is 2. The van der Waals surface area contributed by atoms with Crippen molar-refractivity contribution in [3.8, 4) is 23.0 Å². The Balaban J connectivity index is 1.41. The van der Waals surface area contributed by atoms with Crippen molar-refractivity contribution in [2.45, 2.75) is 18.9 Å². The van der Waals surface area contributed by atoms with Gasteiger partial charge < -0.3 is 10.1 Å². The summed E-state index contributed by atoms with van der Waals surface area (Å²) in [5, 5.41) is 24.6. The molecule has 2 N–H and O–H groups in total. The van der Waals surface area contributed by atoms with Gasteiger partial charge in [-0.1, -0.05) is 30.3 Å². The molecule has 1 saturated heterocycles. The lowest BCUT2D eigenvalue weighted by atomic mass is 9.93. The van der Waals surface area contributed by atoms with E-state index in [0.717, 1.165) is 41.2 Å². The average molecular weight is 525 g/mol. The Kier molecular flexibility index (Phi) is 7.72. The Bertz CT molecular complexity index is 1470. The van der Waals surface area contributed by atoms with Crippen LogP contribution >= 0.6 is 0 Å². The average Bonchev–Trinajstić information content (AvgIpc) is 3.65. The molecule has 0 unspecified atom stereocenters. The summed E-state index contributed by atoms with van der Waals surface area (Å²) in [6, 6.07) is 19.1. The van der Waals surface area contributed by atoms with Crippen LogP contribution in [0.25, 0.3) is 16.9 Å². The Morgan fingerprint density at radius 2 is 1.92 bits per heavy atom. The predicted octanol–water partition coefficient (Wildman–Crippen LogP) is 3.69. The van der Waals surface area contributed by atoms with Crippen LogP contribution < -0.4 is 10.6 Å². The van der Waals surface area contributed by atoms with E-state index in [1.54, 1.807) is 22.7 Å². The summed E-state index contributed by atoms with van der Waals surface area (Å²) in [5.41, 5.74) is 5.02. The van der Waals surface area contributed by atoms with E-state index < -0.39 is 0 Å². The van der Waals surface area contributed by atoms with Gasteiger partial charge in [-0.15, -0.1) is 0 Å². The van der Waals surface area contributed by atoms with Crippen molar-refractivity contribution in [3.63, 3.8) is 0 Å². The number of aryl methyl sites for hydroxylation is 1. The van der Waals surface area contributed by atoms with E-state index >= 15 is 0 Å². The molecule has 2 aromatic heterocycles. The van der Waals surface area contributed by atoms with Gasteiger partial charge in [0, 0.05) is 57.0 Å². The normalized spacial score (nSPS) is 17.2. The number of rotatable bonds is 8. The van der Waals surface area contributed by atoms with Crippen LogP contribution in [0.3, 0.4) is 0 Å². The number of nitriles is 1. The van der Waals surface area contributed by atoms with Crippen LogP contribution in [0, 0.1) is 18.3 Å². The molecule has 2 atom stereocenters. The minimum atomic E-state index is -0.301. The number of para-hydroxylation sites is 1. The van der Waals surface area contributed by atoms with Gasteiger partial charge in [0.05, 0.1) is 36.2 Å². The number of benzene rings is 2. The van der Waals surface area contributed by atoms with E-state index in [1.165, 1.54) is 0 Å². The third-order valence-corrected chi connectivity index (χ3v) is 7.12. The van der Waals surface area contributed by atoms with Crippen LogP contribution in [0.5, 0.6) is 0 Å². The van der Waals surface area contributed by atoms with Crippen molar-refractivity contribution in [2.75, 3.05) is 38.7 Å². The molecule has 3 heterocycles. The quantitative estimate of drug-likeness (QED) is 0.364. The standard InChI is InChI=1S/C29H32N8O2/c1-20-27(23-16-31-35(2)17-23)34-37(24-7-5-4-6-8-24)28(20)33-29(38)32-26-19-36(13-14-39-3)18-25(26)22-11-9-21(15-30)10-12-22/h4-12,16-17,25-26H,13-14,18-19H2,1-3H3,(H2,32,33,38)/t25-,26+/m0/s1. The zero-order valence-corrected chi connectivity index (χ0v) is 22.3. The number of methoxy groups -OCH3 is 1. The second kappa shape index (κ2) is 11.5. The summed E-state index contributed by atoms with van der Waals surface area (Å²) in [6.45, 7) is 4.82. The Hall–Kier alpha value is -4.46. The first-order chi connectivity index (χ1) is 19.0. The van der Waals surface area contributed by atoms with Crippen molar-refractivity contribution < 1.29 is 9.53 Å².